The molecule has 0 aliphatic rings. The first-order valence-corrected chi connectivity index (χ1v) is 7.09. The average Bonchev–Trinajstić information content (AvgIpc) is 2.39. The van der Waals surface area contributed by atoms with Crippen molar-refractivity contribution in [1.82, 2.24) is 4.90 Å². The van der Waals surface area contributed by atoms with Gasteiger partial charge in [-0.05, 0) is 56.4 Å². The Hall–Kier alpha value is -1.55. The van der Waals surface area contributed by atoms with Gasteiger partial charge >= 0.3 is 0 Å². The maximum Gasteiger partial charge on any atom is 0.260 e. The monoisotopic (exact) mass is 279 g/mol. The Balaban J connectivity index is 2.34. The molecule has 20 heavy (non-hydrogen) atoms. The summed E-state index contributed by atoms with van der Waals surface area (Å²) in [6.45, 7) is 5.01. The molecule has 4 heteroatoms. The Morgan fingerprint density at radius 2 is 1.80 bits per heavy atom. The van der Waals surface area contributed by atoms with E-state index in [0.29, 0.717) is 6.54 Å². The molecule has 1 N–H and O–H groups in total. The molecule has 0 saturated carbocycles. The van der Waals surface area contributed by atoms with E-state index in [1.807, 2.05) is 26.0 Å². The molecule has 0 radical (unpaired) electrons. The normalized spacial score (nSPS) is 10.4. The zero-order chi connectivity index (χ0) is 15.0. The van der Waals surface area contributed by atoms with E-state index in [4.69, 9.17) is 9.84 Å². The van der Waals surface area contributed by atoms with Crippen molar-refractivity contribution >= 4 is 5.91 Å². The van der Waals surface area contributed by atoms with Crippen LogP contribution in [0.15, 0.2) is 18.2 Å². The number of likely N-dealkylation sites (N-methyl/N-ethyl adjacent to an activating group) is 1. The van der Waals surface area contributed by atoms with Crippen molar-refractivity contribution in [2.75, 3.05) is 26.8 Å². The van der Waals surface area contributed by atoms with Crippen molar-refractivity contribution in [2.24, 2.45) is 0 Å². The molecule has 1 amide bonds. The molecule has 0 fully saturated rings. The van der Waals surface area contributed by atoms with Gasteiger partial charge in [-0.2, -0.15) is 0 Å². The number of benzene rings is 1. The average molecular weight is 279 g/mol. The highest BCUT2D eigenvalue weighted by molar-refractivity contribution is 5.77. The predicted octanol–water partition coefficient (Wildman–Crippen LogP) is 2.30. The van der Waals surface area contributed by atoms with Crippen LogP contribution in [0.5, 0.6) is 5.75 Å². The summed E-state index contributed by atoms with van der Waals surface area (Å²) in [5, 5.41) is 8.70. The van der Waals surface area contributed by atoms with Gasteiger partial charge in [0.25, 0.3) is 5.91 Å². The Morgan fingerprint density at radius 1 is 1.15 bits per heavy atom. The highest BCUT2D eigenvalue weighted by Crippen LogP contribution is 2.16. The number of unbranched alkanes of at least 4 members (excludes halogenated alkanes) is 2. The highest BCUT2D eigenvalue weighted by Gasteiger charge is 2.09. The fraction of sp³-hybridized carbons (Fsp3) is 0.562. The summed E-state index contributed by atoms with van der Waals surface area (Å²) in [6.07, 6.45) is 2.64. The van der Waals surface area contributed by atoms with E-state index in [2.05, 4.69) is 6.07 Å². The Morgan fingerprint density at radius 3 is 2.40 bits per heavy atom. The molecule has 0 bridgehead atoms. The molecule has 0 aromatic heterocycles. The van der Waals surface area contributed by atoms with Crippen LogP contribution >= 0.6 is 0 Å². The van der Waals surface area contributed by atoms with Crippen LogP contribution in [0, 0.1) is 13.8 Å². The minimum Gasteiger partial charge on any atom is -0.484 e. The van der Waals surface area contributed by atoms with Gasteiger partial charge in [0.15, 0.2) is 6.61 Å². The SMILES string of the molecule is Cc1cc(C)cc(OCC(=O)N(C)CCCCCO)c1. The van der Waals surface area contributed by atoms with Gasteiger partial charge in [0.1, 0.15) is 5.75 Å². The van der Waals surface area contributed by atoms with Crippen LogP contribution in [-0.2, 0) is 4.79 Å². The fourth-order valence-corrected chi connectivity index (χ4v) is 2.03. The van der Waals surface area contributed by atoms with E-state index in [-0.39, 0.29) is 19.1 Å². The standard InChI is InChI=1S/C16H25NO3/c1-13-9-14(2)11-15(10-13)20-12-16(19)17(3)7-5-4-6-8-18/h9-11,18H,4-8,12H2,1-3H3. The third-order valence-corrected chi connectivity index (χ3v) is 3.13. The van der Waals surface area contributed by atoms with E-state index in [1.54, 1.807) is 11.9 Å². The third-order valence-electron chi connectivity index (χ3n) is 3.13. The van der Waals surface area contributed by atoms with E-state index < -0.39 is 0 Å². The molecule has 4 nitrogen and oxygen atoms in total. The summed E-state index contributed by atoms with van der Waals surface area (Å²) in [4.78, 5) is 13.6. The van der Waals surface area contributed by atoms with Crippen LogP contribution in [0.3, 0.4) is 0 Å². The number of amides is 1. The second-order valence-corrected chi connectivity index (χ2v) is 5.21. The fourth-order valence-electron chi connectivity index (χ4n) is 2.03. The number of nitrogens with zero attached hydrogens (tertiary/aromatic N) is 1. The van der Waals surface area contributed by atoms with Gasteiger partial charge in [-0.1, -0.05) is 6.07 Å². The molecule has 0 unspecified atom stereocenters. The maximum absolute atomic E-state index is 11.9. The lowest BCUT2D eigenvalue weighted by Crippen LogP contribution is -2.32. The predicted molar refractivity (Wildman–Crippen MR) is 80.0 cm³/mol. The number of aliphatic hydroxyl groups excluding tert-OH is 1. The van der Waals surface area contributed by atoms with Crippen molar-refractivity contribution < 1.29 is 14.6 Å². The van der Waals surface area contributed by atoms with Crippen molar-refractivity contribution in [1.29, 1.82) is 0 Å². The van der Waals surface area contributed by atoms with Gasteiger partial charge in [0.05, 0.1) is 0 Å². The lowest BCUT2D eigenvalue weighted by atomic mass is 10.1. The Bertz CT molecular complexity index is 411. The molecular formula is C16H25NO3. The molecule has 0 aliphatic heterocycles. The number of hydrogen-bond acceptors (Lipinski definition) is 3. The summed E-state index contributed by atoms with van der Waals surface area (Å²) < 4.78 is 5.55. The van der Waals surface area contributed by atoms with Gasteiger partial charge in [-0.3, -0.25) is 4.79 Å². The summed E-state index contributed by atoms with van der Waals surface area (Å²) >= 11 is 0. The molecule has 0 saturated heterocycles. The molecule has 112 valence electrons. The third kappa shape index (κ3) is 6.06. The molecule has 0 aliphatic carbocycles. The van der Waals surface area contributed by atoms with E-state index in [9.17, 15) is 4.79 Å². The first kappa shape index (κ1) is 16.5. The Kier molecular flexibility index (Phi) is 7.09. The number of aliphatic hydroxyl groups is 1. The summed E-state index contributed by atoms with van der Waals surface area (Å²) in [5.74, 6) is 0.720. The zero-order valence-electron chi connectivity index (χ0n) is 12.7. The molecule has 0 spiro atoms. The van der Waals surface area contributed by atoms with Gasteiger partial charge in [0, 0.05) is 20.2 Å². The molecular weight excluding hydrogens is 254 g/mol. The van der Waals surface area contributed by atoms with E-state index in [0.717, 1.165) is 36.1 Å². The van der Waals surface area contributed by atoms with Crippen LogP contribution in [0.1, 0.15) is 30.4 Å². The second-order valence-electron chi connectivity index (χ2n) is 5.21. The molecule has 1 rings (SSSR count). The minimum atomic E-state index is -0.0202. The summed E-state index contributed by atoms with van der Waals surface area (Å²) in [5.41, 5.74) is 2.26. The summed E-state index contributed by atoms with van der Waals surface area (Å²) in [6, 6.07) is 5.94. The number of hydrogen-bond donors (Lipinski definition) is 1. The number of aryl methyl sites for hydroxylation is 2. The first-order valence-electron chi connectivity index (χ1n) is 7.09. The van der Waals surface area contributed by atoms with Crippen LogP contribution in [-0.4, -0.2) is 42.7 Å². The van der Waals surface area contributed by atoms with Crippen molar-refractivity contribution in [3.63, 3.8) is 0 Å². The van der Waals surface area contributed by atoms with E-state index >= 15 is 0 Å². The lowest BCUT2D eigenvalue weighted by molar-refractivity contribution is -0.132. The lowest BCUT2D eigenvalue weighted by Gasteiger charge is -2.17. The van der Waals surface area contributed by atoms with Gasteiger partial charge in [-0.25, -0.2) is 0 Å². The van der Waals surface area contributed by atoms with Gasteiger partial charge in [-0.15, -0.1) is 0 Å². The largest absolute Gasteiger partial charge is 0.484 e. The van der Waals surface area contributed by atoms with Gasteiger partial charge < -0.3 is 14.7 Å². The summed E-state index contributed by atoms with van der Waals surface area (Å²) in [7, 11) is 1.78. The topological polar surface area (TPSA) is 49.8 Å². The quantitative estimate of drug-likeness (QED) is 0.743. The van der Waals surface area contributed by atoms with Crippen LogP contribution in [0.4, 0.5) is 0 Å². The maximum atomic E-state index is 11.9. The van der Waals surface area contributed by atoms with Crippen LogP contribution in [0.2, 0.25) is 0 Å². The Labute approximate surface area is 121 Å². The zero-order valence-corrected chi connectivity index (χ0v) is 12.7. The van der Waals surface area contributed by atoms with Crippen molar-refractivity contribution in [3.8, 4) is 5.75 Å². The second kappa shape index (κ2) is 8.59. The first-order chi connectivity index (χ1) is 9.52. The smallest absolute Gasteiger partial charge is 0.260 e. The molecule has 1 aromatic carbocycles. The molecule has 0 heterocycles. The number of carbonyl (C=O) groups is 1. The minimum absolute atomic E-state index is 0.0202. The van der Waals surface area contributed by atoms with Crippen LogP contribution < -0.4 is 4.74 Å². The van der Waals surface area contributed by atoms with Crippen molar-refractivity contribution in [3.05, 3.63) is 29.3 Å². The number of carbonyl (C=O) groups excluding carboxylic acids is 1. The molecule has 1 aromatic rings. The van der Waals surface area contributed by atoms with Crippen molar-refractivity contribution in [2.45, 2.75) is 33.1 Å². The van der Waals surface area contributed by atoms with Gasteiger partial charge in [0.2, 0.25) is 0 Å². The van der Waals surface area contributed by atoms with E-state index in [1.165, 1.54) is 0 Å². The van der Waals surface area contributed by atoms with Crippen LogP contribution in [0.25, 0.3) is 0 Å². The number of rotatable bonds is 8. The number of ether oxygens (including phenoxy) is 1. The molecule has 0 atom stereocenters. The highest BCUT2D eigenvalue weighted by atomic mass is 16.5.